The molecule has 0 spiro atoms. The fourth-order valence-electron chi connectivity index (χ4n) is 2.93. The number of carbonyl (C=O) groups excluding carboxylic acids is 1. The van der Waals surface area contributed by atoms with E-state index in [1.54, 1.807) is 41.5 Å². The molecule has 26 heavy (non-hydrogen) atoms. The van der Waals surface area contributed by atoms with Crippen molar-refractivity contribution < 1.29 is 13.7 Å². The van der Waals surface area contributed by atoms with Crippen LogP contribution in [0.15, 0.2) is 51.6 Å². The number of piperazine rings is 1. The minimum absolute atomic E-state index is 0.0651. The van der Waals surface area contributed by atoms with Crippen molar-refractivity contribution in [2.45, 2.75) is 6.54 Å². The van der Waals surface area contributed by atoms with E-state index in [2.05, 4.69) is 16.2 Å². The van der Waals surface area contributed by atoms with Crippen LogP contribution in [0.3, 0.4) is 0 Å². The second-order valence-electron chi connectivity index (χ2n) is 5.87. The van der Waals surface area contributed by atoms with Crippen molar-refractivity contribution in [1.82, 2.24) is 15.0 Å². The molecule has 3 aromatic rings. The van der Waals surface area contributed by atoms with Gasteiger partial charge in [-0.1, -0.05) is 17.3 Å². The van der Waals surface area contributed by atoms with Gasteiger partial charge in [0.1, 0.15) is 6.07 Å². The largest absolute Gasteiger partial charge is 0.461 e. The summed E-state index contributed by atoms with van der Waals surface area (Å²) in [6, 6.07) is 12.8. The smallest absolute Gasteiger partial charge is 0.241 e. The SMILES string of the molecule is N#Cc1ccccc1N1CCN(Cc2nc(-c3ccco3)no2)CC1=O. The van der Waals surface area contributed by atoms with Gasteiger partial charge in [0.2, 0.25) is 17.6 Å². The minimum atomic E-state index is -0.0651. The average molecular weight is 349 g/mol. The summed E-state index contributed by atoms with van der Waals surface area (Å²) in [6.07, 6.45) is 1.54. The Kier molecular flexibility index (Phi) is 4.21. The minimum Gasteiger partial charge on any atom is -0.461 e. The number of para-hydroxylation sites is 1. The van der Waals surface area contributed by atoms with Gasteiger partial charge in [-0.25, -0.2) is 0 Å². The van der Waals surface area contributed by atoms with E-state index >= 15 is 0 Å². The summed E-state index contributed by atoms with van der Waals surface area (Å²) < 4.78 is 10.5. The molecule has 1 aromatic carbocycles. The predicted molar refractivity (Wildman–Crippen MR) is 90.8 cm³/mol. The van der Waals surface area contributed by atoms with Crippen molar-refractivity contribution in [1.29, 1.82) is 5.26 Å². The fraction of sp³-hybridized carbons (Fsp3) is 0.222. The first kappa shape index (κ1) is 16.1. The van der Waals surface area contributed by atoms with Crippen LogP contribution in [0.25, 0.3) is 11.6 Å². The number of rotatable bonds is 4. The van der Waals surface area contributed by atoms with Crippen molar-refractivity contribution in [3.63, 3.8) is 0 Å². The Balaban J connectivity index is 1.43. The Hall–Kier alpha value is -3.44. The molecule has 8 heteroatoms. The van der Waals surface area contributed by atoms with E-state index < -0.39 is 0 Å². The zero-order valence-corrected chi connectivity index (χ0v) is 13.8. The van der Waals surface area contributed by atoms with E-state index in [1.807, 2.05) is 11.0 Å². The molecule has 2 aromatic heterocycles. The summed E-state index contributed by atoms with van der Waals surface area (Å²) in [7, 11) is 0. The molecule has 1 amide bonds. The maximum absolute atomic E-state index is 12.5. The zero-order valence-electron chi connectivity index (χ0n) is 13.8. The molecule has 0 unspecified atom stereocenters. The maximum atomic E-state index is 12.5. The molecule has 1 fully saturated rings. The third-order valence-electron chi connectivity index (χ3n) is 4.18. The van der Waals surface area contributed by atoms with E-state index in [0.29, 0.717) is 48.4 Å². The van der Waals surface area contributed by atoms with Gasteiger partial charge in [0.25, 0.3) is 0 Å². The molecule has 0 saturated carbocycles. The highest BCUT2D eigenvalue weighted by molar-refractivity contribution is 5.96. The number of anilines is 1. The summed E-state index contributed by atoms with van der Waals surface area (Å²) in [4.78, 5) is 20.4. The number of nitriles is 1. The molecule has 0 radical (unpaired) electrons. The molecule has 0 bridgehead atoms. The number of benzene rings is 1. The van der Waals surface area contributed by atoms with Crippen LogP contribution in [0.5, 0.6) is 0 Å². The predicted octanol–water partition coefficient (Wildman–Crippen LogP) is 2.05. The van der Waals surface area contributed by atoms with Gasteiger partial charge in [0.15, 0.2) is 5.76 Å². The van der Waals surface area contributed by atoms with Gasteiger partial charge < -0.3 is 13.8 Å². The quantitative estimate of drug-likeness (QED) is 0.710. The summed E-state index contributed by atoms with van der Waals surface area (Å²) in [5.41, 5.74) is 1.15. The molecule has 0 atom stereocenters. The molecule has 8 nitrogen and oxygen atoms in total. The van der Waals surface area contributed by atoms with Crippen LogP contribution in [-0.4, -0.2) is 40.6 Å². The molecule has 0 N–H and O–H groups in total. The van der Waals surface area contributed by atoms with Crippen LogP contribution < -0.4 is 4.90 Å². The lowest BCUT2D eigenvalue weighted by Gasteiger charge is -2.33. The molecule has 0 aliphatic carbocycles. The Morgan fingerprint density at radius 1 is 1.19 bits per heavy atom. The van der Waals surface area contributed by atoms with Crippen LogP contribution in [0, 0.1) is 11.3 Å². The van der Waals surface area contributed by atoms with Crippen LogP contribution in [0.4, 0.5) is 5.69 Å². The first-order valence-corrected chi connectivity index (χ1v) is 8.13. The first-order valence-electron chi connectivity index (χ1n) is 8.13. The molecular weight excluding hydrogens is 334 g/mol. The molecular formula is C18H15N5O3. The van der Waals surface area contributed by atoms with E-state index in [1.165, 1.54) is 0 Å². The van der Waals surface area contributed by atoms with Crippen LogP contribution in [0.2, 0.25) is 0 Å². The third-order valence-corrected chi connectivity index (χ3v) is 4.18. The molecule has 3 heterocycles. The van der Waals surface area contributed by atoms with Crippen molar-refractivity contribution in [2.24, 2.45) is 0 Å². The van der Waals surface area contributed by atoms with E-state index in [9.17, 15) is 10.1 Å². The summed E-state index contributed by atoms with van der Waals surface area (Å²) in [6.45, 7) is 1.74. The monoisotopic (exact) mass is 349 g/mol. The number of carbonyl (C=O) groups is 1. The van der Waals surface area contributed by atoms with Gasteiger partial charge in [-0.15, -0.1) is 0 Å². The fourth-order valence-corrected chi connectivity index (χ4v) is 2.93. The van der Waals surface area contributed by atoms with Crippen LogP contribution >= 0.6 is 0 Å². The van der Waals surface area contributed by atoms with Gasteiger partial charge in [-0.2, -0.15) is 10.2 Å². The third kappa shape index (κ3) is 3.08. The number of hydrogen-bond acceptors (Lipinski definition) is 7. The highest BCUT2D eigenvalue weighted by Crippen LogP contribution is 2.22. The van der Waals surface area contributed by atoms with Crippen LogP contribution in [0.1, 0.15) is 11.5 Å². The number of aromatic nitrogens is 2. The highest BCUT2D eigenvalue weighted by atomic mass is 16.5. The normalized spacial score (nSPS) is 15.2. The maximum Gasteiger partial charge on any atom is 0.241 e. The molecule has 130 valence electrons. The van der Waals surface area contributed by atoms with Gasteiger partial charge >= 0.3 is 0 Å². The summed E-state index contributed by atoms with van der Waals surface area (Å²) >= 11 is 0. The molecule has 4 rings (SSSR count). The highest BCUT2D eigenvalue weighted by Gasteiger charge is 2.27. The van der Waals surface area contributed by atoms with Crippen molar-refractivity contribution in [3.8, 4) is 17.7 Å². The zero-order chi connectivity index (χ0) is 17.9. The second-order valence-corrected chi connectivity index (χ2v) is 5.87. The van der Waals surface area contributed by atoms with E-state index in [0.717, 1.165) is 0 Å². The Morgan fingerprint density at radius 2 is 2.08 bits per heavy atom. The second kappa shape index (κ2) is 6.82. The van der Waals surface area contributed by atoms with Gasteiger partial charge in [-0.3, -0.25) is 9.69 Å². The summed E-state index contributed by atoms with van der Waals surface area (Å²) in [5, 5.41) is 13.1. The van der Waals surface area contributed by atoms with Crippen molar-refractivity contribution in [3.05, 3.63) is 54.1 Å². The van der Waals surface area contributed by atoms with Crippen molar-refractivity contribution in [2.75, 3.05) is 24.5 Å². The lowest BCUT2D eigenvalue weighted by Crippen LogP contribution is -2.50. The molecule has 1 aliphatic heterocycles. The van der Waals surface area contributed by atoms with Crippen molar-refractivity contribution >= 4 is 11.6 Å². The Morgan fingerprint density at radius 3 is 2.85 bits per heavy atom. The van der Waals surface area contributed by atoms with Crippen LogP contribution in [-0.2, 0) is 11.3 Å². The van der Waals surface area contributed by atoms with Gasteiger partial charge in [0.05, 0.1) is 30.6 Å². The van der Waals surface area contributed by atoms with Gasteiger partial charge in [-0.05, 0) is 24.3 Å². The lowest BCUT2D eigenvalue weighted by molar-refractivity contribution is -0.121. The van der Waals surface area contributed by atoms with E-state index in [-0.39, 0.29) is 12.5 Å². The number of furan rings is 1. The standard InChI is InChI=1S/C18H15N5O3/c19-10-13-4-1-2-5-14(13)23-8-7-22(12-17(23)24)11-16-20-18(21-26-16)15-6-3-9-25-15/h1-6,9H,7-8,11-12H2. The Labute approximate surface area is 149 Å². The lowest BCUT2D eigenvalue weighted by atomic mass is 10.1. The number of hydrogen-bond donors (Lipinski definition) is 0. The number of nitrogens with zero attached hydrogens (tertiary/aromatic N) is 5. The van der Waals surface area contributed by atoms with E-state index in [4.69, 9.17) is 8.94 Å². The molecule has 1 aliphatic rings. The summed E-state index contributed by atoms with van der Waals surface area (Å²) in [5.74, 6) is 1.28. The Bertz CT molecular complexity index is 957. The topological polar surface area (TPSA) is 99.4 Å². The first-order chi connectivity index (χ1) is 12.7. The number of amides is 1. The average Bonchev–Trinajstić information content (AvgIpc) is 3.33. The molecule has 1 saturated heterocycles. The van der Waals surface area contributed by atoms with Gasteiger partial charge in [0, 0.05) is 13.1 Å².